The minimum atomic E-state index is -0.191. The van der Waals surface area contributed by atoms with E-state index in [2.05, 4.69) is 35.2 Å². The highest BCUT2D eigenvalue weighted by Gasteiger charge is 2.13. The fraction of sp³-hybridized carbons (Fsp3) is 0.308. The van der Waals surface area contributed by atoms with Gasteiger partial charge in [0.1, 0.15) is 5.65 Å². The normalized spacial score (nSPS) is 12.4. The molecule has 4 aromatic rings. The molecule has 0 bridgehead atoms. The summed E-state index contributed by atoms with van der Waals surface area (Å²) in [5.41, 5.74) is 3.76. The molecule has 0 aliphatic carbocycles. The van der Waals surface area contributed by atoms with Crippen molar-refractivity contribution in [3.8, 4) is 0 Å². The Morgan fingerprint density at radius 2 is 1.97 bits per heavy atom. The third-order valence-electron chi connectivity index (χ3n) is 5.76. The number of carbonyl (C=O) groups is 1. The summed E-state index contributed by atoms with van der Waals surface area (Å²) in [7, 11) is 0. The maximum Gasteiger partial charge on any atom is 0.265 e. The second-order valence-electron chi connectivity index (χ2n) is 8.62. The highest BCUT2D eigenvalue weighted by molar-refractivity contribution is 5.94. The molecule has 0 radical (unpaired) electrons. The van der Waals surface area contributed by atoms with Crippen LogP contribution in [0, 0.1) is 0 Å². The van der Waals surface area contributed by atoms with Crippen LogP contribution in [0.15, 0.2) is 65.8 Å². The third kappa shape index (κ3) is 4.69. The van der Waals surface area contributed by atoms with Crippen molar-refractivity contribution in [1.82, 2.24) is 19.7 Å². The largest absolute Gasteiger partial charge is 0.350 e. The molecule has 3 heterocycles. The first-order valence-electron chi connectivity index (χ1n) is 11.1. The van der Waals surface area contributed by atoms with Crippen molar-refractivity contribution in [2.75, 3.05) is 0 Å². The van der Waals surface area contributed by atoms with Gasteiger partial charge in [-0.2, -0.15) is 0 Å². The summed E-state index contributed by atoms with van der Waals surface area (Å²) in [6.07, 6.45) is 7.97. The molecule has 6 heteroatoms. The second kappa shape index (κ2) is 9.30. The van der Waals surface area contributed by atoms with Gasteiger partial charge in [-0.15, -0.1) is 0 Å². The smallest absolute Gasteiger partial charge is 0.265 e. The Balaban J connectivity index is 1.50. The third-order valence-corrected chi connectivity index (χ3v) is 5.76. The van der Waals surface area contributed by atoms with E-state index in [-0.39, 0.29) is 17.5 Å². The van der Waals surface area contributed by atoms with Gasteiger partial charge in [-0.25, -0.2) is 4.98 Å². The number of amides is 1. The molecule has 1 N–H and O–H groups in total. The van der Waals surface area contributed by atoms with Crippen molar-refractivity contribution in [2.24, 2.45) is 0 Å². The van der Waals surface area contributed by atoms with Gasteiger partial charge in [0.2, 0.25) is 0 Å². The average Bonchev–Trinajstić information content (AvgIpc) is 2.79. The van der Waals surface area contributed by atoms with Crippen molar-refractivity contribution in [1.29, 1.82) is 0 Å². The average molecular weight is 429 g/mol. The molecule has 4 rings (SSSR count). The summed E-state index contributed by atoms with van der Waals surface area (Å²) in [4.78, 5) is 34.6. The topological polar surface area (TPSA) is 76.4 Å². The Hall–Kier alpha value is -3.54. The van der Waals surface area contributed by atoms with Crippen LogP contribution in [0.2, 0.25) is 0 Å². The number of benzene rings is 1. The predicted octanol–water partition coefficient (Wildman–Crippen LogP) is 4.51. The lowest BCUT2D eigenvalue weighted by atomic mass is 10.0. The second-order valence-corrected chi connectivity index (χ2v) is 8.62. The molecular weight excluding hydrogens is 400 g/mol. The van der Waals surface area contributed by atoms with Crippen LogP contribution in [0.1, 0.15) is 61.0 Å². The van der Waals surface area contributed by atoms with Gasteiger partial charge < -0.3 is 5.32 Å². The number of carbonyl (C=O) groups excluding carboxylic acids is 1. The lowest BCUT2D eigenvalue weighted by Crippen LogP contribution is -2.33. The first kappa shape index (κ1) is 21.7. The zero-order valence-corrected chi connectivity index (χ0v) is 18.7. The molecule has 1 aromatic carbocycles. The van der Waals surface area contributed by atoms with E-state index in [4.69, 9.17) is 0 Å². The summed E-state index contributed by atoms with van der Waals surface area (Å²) >= 11 is 0. The van der Waals surface area contributed by atoms with Gasteiger partial charge in [0.25, 0.3) is 11.5 Å². The van der Waals surface area contributed by atoms with E-state index in [1.54, 1.807) is 24.5 Å². The van der Waals surface area contributed by atoms with E-state index in [0.717, 1.165) is 24.8 Å². The number of aryl methyl sites for hydroxylation is 1. The standard InChI is InChI=1S/C26H28N4O2/c1-17(2)20-9-11-23-22(14-20)26(32)30-16-21(10-12-24(30)29-23)25(31)28-18(3)6-4-7-19-8-5-13-27-15-19/h5,8-18H,4,6-7H2,1-3H3,(H,28,31)/t18-/m1/s1. The molecule has 1 amide bonds. The summed E-state index contributed by atoms with van der Waals surface area (Å²) in [6.45, 7) is 6.18. The molecular formula is C26H28N4O2. The Morgan fingerprint density at radius 1 is 1.12 bits per heavy atom. The molecule has 32 heavy (non-hydrogen) atoms. The maximum atomic E-state index is 13.1. The summed E-state index contributed by atoms with van der Waals surface area (Å²) < 4.78 is 1.47. The van der Waals surface area contributed by atoms with E-state index < -0.39 is 0 Å². The zero-order valence-electron chi connectivity index (χ0n) is 18.7. The van der Waals surface area contributed by atoms with Gasteiger partial charge in [-0.05, 0) is 73.6 Å². The Labute approximate surface area is 187 Å². The molecule has 0 spiro atoms. The van der Waals surface area contributed by atoms with Crippen molar-refractivity contribution in [3.63, 3.8) is 0 Å². The highest BCUT2D eigenvalue weighted by Crippen LogP contribution is 2.19. The van der Waals surface area contributed by atoms with Crippen molar-refractivity contribution < 1.29 is 4.79 Å². The Kier molecular flexibility index (Phi) is 6.30. The number of hydrogen-bond donors (Lipinski definition) is 1. The summed E-state index contributed by atoms with van der Waals surface area (Å²) in [5.74, 6) is 0.125. The molecule has 0 fully saturated rings. The number of pyridine rings is 2. The van der Waals surface area contributed by atoms with Gasteiger partial charge in [0.15, 0.2) is 0 Å². The van der Waals surface area contributed by atoms with Crippen molar-refractivity contribution >= 4 is 22.5 Å². The Morgan fingerprint density at radius 3 is 2.72 bits per heavy atom. The fourth-order valence-electron chi connectivity index (χ4n) is 3.85. The number of fused-ring (bicyclic) bond motifs is 2. The molecule has 0 saturated carbocycles. The first-order valence-corrected chi connectivity index (χ1v) is 11.1. The van der Waals surface area contributed by atoms with E-state index >= 15 is 0 Å². The van der Waals surface area contributed by atoms with Crippen LogP contribution >= 0.6 is 0 Å². The minimum Gasteiger partial charge on any atom is -0.350 e. The molecule has 3 aromatic heterocycles. The number of hydrogen-bond acceptors (Lipinski definition) is 4. The SMILES string of the molecule is CC(C)c1ccc2nc3ccc(C(=O)N[C@H](C)CCCc4cccnc4)cn3c(=O)c2c1. The van der Waals surface area contributed by atoms with Crippen LogP contribution < -0.4 is 10.9 Å². The first-order chi connectivity index (χ1) is 15.4. The maximum absolute atomic E-state index is 13.1. The van der Waals surface area contributed by atoms with E-state index in [9.17, 15) is 9.59 Å². The van der Waals surface area contributed by atoms with Crippen molar-refractivity contribution in [3.05, 3.63) is 88.1 Å². The van der Waals surface area contributed by atoms with Crippen LogP contribution in [0.4, 0.5) is 0 Å². The monoisotopic (exact) mass is 428 g/mol. The number of nitrogens with zero attached hydrogens (tertiary/aromatic N) is 3. The van der Waals surface area contributed by atoms with Gasteiger partial charge in [-0.1, -0.05) is 26.0 Å². The van der Waals surface area contributed by atoms with E-state index in [1.807, 2.05) is 37.4 Å². The molecule has 0 unspecified atom stereocenters. The molecule has 0 aliphatic heterocycles. The quantitative estimate of drug-likeness (QED) is 0.440. The predicted molar refractivity (Wildman–Crippen MR) is 127 cm³/mol. The van der Waals surface area contributed by atoms with Gasteiger partial charge >= 0.3 is 0 Å². The van der Waals surface area contributed by atoms with Crippen LogP contribution in [-0.2, 0) is 6.42 Å². The lowest BCUT2D eigenvalue weighted by molar-refractivity contribution is 0.0937. The number of aromatic nitrogens is 3. The fourth-order valence-corrected chi connectivity index (χ4v) is 3.85. The number of rotatable bonds is 7. The highest BCUT2D eigenvalue weighted by atomic mass is 16.2. The van der Waals surface area contributed by atoms with Gasteiger partial charge in [-0.3, -0.25) is 19.0 Å². The van der Waals surface area contributed by atoms with Crippen LogP contribution in [0.3, 0.4) is 0 Å². The summed E-state index contributed by atoms with van der Waals surface area (Å²) in [5, 5.41) is 3.60. The van der Waals surface area contributed by atoms with Crippen LogP contribution in [0.25, 0.3) is 16.6 Å². The molecule has 6 nitrogen and oxygen atoms in total. The van der Waals surface area contributed by atoms with E-state index in [1.165, 1.54) is 9.96 Å². The Bertz CT molecular complexity index is 1310. The summed E-state index contributed by atoms with van der Waals surface area (Å²) in [6, 6.07) is 13.3. The molecule has 164 valence electrons. The molecule has 0 saturated heterocycles. The van der Waals surface area contributed by atoms with Gasteiger partial charge in [0, 0.05) is 24.6 Å². The lowest BCUT2D eigenvalue weighted by Gasteiger charge is -2.14. The van der Waals surface area contributed by atoms with E-state index in [0.29, 0.717) is 28.0 Å². The zero-order chi connectivity index (χ0) is 22.7. The van der Waals surface area contributed by atoms with Crippen molar-refractivity contribution in [2.45, 2.75) is 52.0 Å². The van der Waals surface area contributed by atoms with Crippen LogP contribution in [0.5, 0.6) is 0 Å². The molecule has 1 atom stereocenters. The van der Waals surface area contributed by atoms with Crippen LogP contribution in [-0.4, -0.2) is 26.3 Å². The van der Waals surface area contributed by atoms with Gasteiger partial charge in [0.05, 0.1) is 16.5 Å². The molecule has 0 aliphatic rings. The minimum absolute atomic E-state index is 0.0231. The number of nitrogens with one attached hydrogen (secondary N) is 1.